The number of carbonyl (C=O) groups excluding carboxylic acids is 1. The van der Waals surface area contributed by atoms with Crippen molar-refractivity contribution in [2.75, 3.05) is 11.9 Å². The van der Waals surface area contributed by atoms with E-state index in [1.807, 2.05) is 0 Å². The van der Waals surface area contributed by atoms with Gasteiger partial charge in [0.05, 0.1) is 17.3 Å². The first kappa shape index (κ1) is 13.0. The molecule has 6 heteroatoms. The van der Waals surface area contributed by atoms with Crippen LogP contribution in [0.5, 0.6) is 0 Å². The highest BCUT2D eigenvalue weighted by molar-refractivity contribution is 6.11. The predicted molar refractivity (Wildman–Crippen MR) is 79.3 cm³/mol. The molecule has 2 aromatic heterocycles. The molecule has 0 atom stereocenters. The van der Waals surface area contributed by atoms with Crippen LogP contribution in [0.25, 0.3) is 10.8 Å². The molecule has 6 nitrogen and oxygen atoms in total. The second-order valence-corrected chi connectivity index (χ2v) is 4.52. The zero-order valence-corrected chi connectivity index (χ0v) is 11.3. The topological polar surface area (TPSA) is 79.0 Å². The van der Waals surface area contributed by atoms with E-state index in [1.165, 1.54) is 4.90 Å². The number of fused-ring (bicyclic) bond motifs is 1. The third-order valence-corrected chi connectivity index (χ3v) is 3.24. The summed E-state index contributed by atoms with van der Waals surface area (Å²) in [7, 11) is 1.64. The maximum Gasteiger partial charge on any atom is 0.279 e. The zero-order valence-electron chi connectivity index (χ0n) is 11.3. The number of rotatable bonds is 2. The molecule has 0 fully saturated rings. The van der Waals surface area contributed by atoms with E-state index in [9.17, 15) is 9.59 Å². The Kier molecular flexibility index (Phi) is 3.19. The molecule has 1 aromatic carbocycles. The number of hydrogen-bond acceptors (Lipinski definition) is 4. The van der Waals surface area contributed by atoms with Crippen molar-refractivity contribution < 1.29 is 4.79 Å². The lowest BCUT2D eigenvalue weighted by Gasteiger charge is -2.16. The summed E-state index contributed by atoms with van der Waals surface area (Å²) >= 11 is 0. The first-order valence-corrected chi connectivity index (χ1v) is 6.34. The van der Waals surface area contributed by atoms with Crippen LogP contribution >= 0.6 is 0 Å². The average Bonchev–Trinajstić information content (AvgIpc) is 2.55. The Bertz CT molecular complexity index is 858. The number of nitrogens with one attached hydrogen (secondary N) is 1. The number of amides is 1. The van der Waals surface area contributed by atoms with Crippen LogP contribution in [0.15, 0.2) is 53.6 Å². The minimum Gasteiger partial charge on any atom is -0.308 e. The van der Waals surface area contributed by atoms with Gasteiger partial charge in [0, 0.05) is 18.6 Å². The molecule has 0 saturated carbocycles. The summed E-state index contributed by atoms with van der Waals surface area (Å²) in [5.74, 6) is -0.310. The quantitative estimate of drug-likeness (QED) is 0.773. The molecular formula is C15H12N4O2. The lowest BCUT2D eigenvalue weighted by molar-refractivity contribution is 0.0989. The third kappa shape index (κ3) is 2.27. The van der Waals surface area contributed by atoms with Gasteiger partial charge in [0.2, 0.25) is 0 Å². The van der Waals surface area contributed by atoms with Gasteiger partial charge in [-0.1, -0.05) is 18.2 Å². The molecule has 0 aliphatic carbocycles. The number of H-pyrrole nitrogens is 1. The van der Waals surface area contributed by atoms with Crippen LogP contribution in [-0.4, -0.2) is 28.1 Å². The number of carbonyl (C=O) groups is 1. The molecule has 1 N–H and O–H groups in total. The van der Waals surface area contributed by atoms with Gasteiger partial charge in [-0.3, -0.25) is 14.6 Å². The van der Waals surface area contributed by atoms with E-state index < -0.39 is 0 Å². The van der Waals surface area contributed by atoms with E-state index in [1.54, 1.807) is 55.8 Å². The van der Waals surface area contributed by atoms with Gasteiger partial charge in [-0.15, -0.1) is 0 Å². The SMILES string of the molecule is CN(C(=O)c1n[nH]c(=O)c2ccccc12)c1cccnc1. The number of anilines is 1. The van der Waals surface area contributed by atoms with Crippen molar-refractivity contribution >= 4 is 22.4 Å². The van der Waals surface area contributed by atoms with E-state index in [4.69, 9.17) is 0 Å². The van der Waals surface area contributed by atoms with Gasteiger partial charge in [-0.25, -0.2) is 5.10 Å². The summed E-state index contributed by atoms with van der Waals surface area (Å²) < 4.78 is 0. The summed E-state index contributed by atoms with van der Waals surface area (Å²) in [4.78, 5) is 29.8. The number of pyridine rings is 1. The first-order chi connectivity index (χ1) is 10.2. The first-order valence-electron chi connectivity index (χ1n) is 6.34. The van der Waals surface area contributed by atoms with Gasteiger partial charge in [-0.05, 0) is 18.2 Å². The minimum atomic E-state index is -0.314. The Morgan fingerprint density at radius 2 is 1.90 bits per heavy atom. The molecule has 2 heterocycles. The molecule has 104 valence electrons. The average molecular weight is 280 g/mol. The second kappa shape index (κ2) is 5.16. The Morgan fingerprint density at radius 3 is 2.62 bits per heavy atom. The van der Waals surface area contributed by atoms with Crippen molar-refractivity contribution in [3.8, 4) is 0 Å². The van der Waals surface area contributed by atoms with Crippen LogP contribution in [0.1, 0.15) is 10.5 Å². The Labute approximate surface area is 120 Å². The highest BCUT2D eigenvalue weighted by atomic mass is 16.2. The molecule has 3 rings (SSSR count). The van der Waals surface area contributed by atoms with E-state index in [0.717, 1.165) is 0 Å². The van der Waals surface area contributed by atoms with Gasteiger partial charge in [0.1, 0.15) is 0 Å². The highest BCUT2D eigenvalue weighted by Gasteiger charge is 2.19. The molecule has 3 aromatic rings. The predicted octanol–water partition coefficient (Wildman–Crippen LogP) is 1.59. The number of nitrogens with zero attached hydrogens (tertiary/aromatic N) is 3. The third-order valence-electron chi connectivity index (χ3n) is 3.24. The smallest absolute Gasteiger partial charge is 0.279 e. The molecule has 0 aliphatic heterocycles. The van der Waals surface area contributed by atoms with Gasteiger partial charge < -0.3 is 4.90 Å². The van der Waals surface area contributed by atoms with Crippen molar-refractivity contribution in [3.05, 3.63) is 64.8 Å². The summed E-state index contributed by atoms with van der Waals surface area (Å²) in [6.07, 6.45) is 3.22. The lowest BCUT2D eigenvalue weighted by atomic mass is 10.1. The van der Waals surface area contributed by atoms with Crippen molar-refractivity contribution in [1.29, 1.82) is 0 Å². The Morgan fingerprint density at radius 1 is 1.14 bits per heavy atom. The molecule has 1 amide bonds. The Balaban J connectivity index is 2.11. The fraction of sp³-hybridized carbons (Fsp3) is 0.0667. The van der Waals surface area contributed by atoms with Crippen LogP contribution in [0.4, 0.5) is 5.69 Å². The molecule has 0 unspecified atom stereocenters. The number of aromatic nitrogens is 3. The van der Waals surface area contributed by atoms with Crippen molar-refractivity contribution in [1.82, 2.24) is 15.2 Å². The fourth-order valence-corrected chi connectivity index (χ4v) is 2.11. The lowest BCUT2D eigenvalue weighted by Crippen LogP contribution is -2.28. The highest BCUT2D eigenvalue weighted by Crippen LogP contribution is 2.17. The number of aromatic amines is 1. The molecule has 0 spiro atoms. The Hall–Kier alpha value is -3.02. The summed E-state index contributed by atoms with van der Waals surface area (Å²) in [5.41, 5.74) is 0.544. The normalized spacial score (nSPS) is 10.5. The van der Waals surface area contributed by atoms with Gasteiger partial charge in [0.25, 0.3) is 11.5 Å². The van der Waals surface area contributed by atoms with E-state index in [0.29, 0.717) is 16.5 Å². The van der Waals surface area contributed by atoms with Gasteiger partial charge >= 0.3 is 0 Å². The summed E-state index contributed by atoms with van der Waals surface area (Å²) in [5, 5.41) is 7.24. The summed E-state index contributed by atoms with van der Waals surface area (Å²) in [6, 6.07) is 10.4. The van der Waals surface area contributed by atoms with Crippen LogP contribution in [0, 0.1) is 0 Å². The molecule has 0 aliphatic rings. The van der Waals surface area contributed by atoms with Crippen LogP contribution in [0.3, 0.4) is 0 Å². The van der Waals surface area contributed by atoms with Crippen molar-refractivity contribution in [2.45, 2.75) is 0 Å². The maximum atomic E-state index is 12.6. The number of benzene rings is 1. The molecular weight excluding hydrogens is 268 g/mol. The standard InChI is InChI=1S/C15H12N4O2/c1-19(10-5-4-8-16-9-10)15(21)13-11-6-2-3-7-12(11)14(20)18-17-13/h2-9H,1H3,(H,18,20). The van der Waals surface area contributed by atoms with Crippen LogP contribution in [0.2, 0.25) is 0 Å². The molecule has 0 bridgehead atoms. The minimum absolute atomic E-state index is 0.205. The van der Waals surface area contributed by atoms with Crippen LogP contribution in [-0.2, 0) is 0 Å². The van der Waals surface area contributed by atoms with E-state index in [2.05, 4.69) is 15.2 Å². The van der Waals surface area contributed by atoms with Gasteiger partial charge in [0.15, 0.2) is 5.69 Å². The molecule has 0 radical (unpaired) electrons. The maximum absolute atomic E-state index is 12.6. The van der Waals surface area contributed by atoms with Crippen molar-refractivity contribution in [3.63, 3.8) is 0 Å². The number of hydrogen-bond donors (Lipinski definition) is 1. The largest absolute Gasteiger partial charge is 0.308 e. The van der Waals surface area contributed by atoms with E-state index in [-0.39, 0.29) is 17.2 Å². The monoisotopic (exact) mass is 280 g/mol. The van der Waals surface area contributed by atoms with E-state index >= 15 is 0 Å². The van der Waals surface area contributed by atoms with Crippen molar-refractivity contribution in [2.24, 2.45) is 0 Å². The fourth-order valence-electron chi connectivity index (χ4n) is 2.11. The molecule has 21 heavy (non-hydrogen) atoms. The molecule has 0 saturated heterocycles. The van der Waals surface area contributed by atoms with Gasteiger partial charge in [-0.2, -0.15) is 5.10 Å². The van der Waals surface area contributed by atoms with Crippen LogP contribution < -0.4 is 10.5 Å². The second-order valence-electron chi connectivity index (χ2n) is 4.52. The zero-order chi connectivity index (χ0) is 14.8. The summed E-state index contributed by atoms with van der Waals surface area (Å²) in [6.45, 7) is 0.